The van der Waals surface area contributed by atoms with Crippen molar-refractivity contribution in [2.24, 2.45) is 5.41 Å². The molecule has 0 unspecified atom stereocenters. The van der Waals surface area contributed by atoms with E-state index in [0.29, 0.717) is 18.7 Å². The molecule has 5 rings (SSSR count). The zero-order chi connectivity index (χ0) is 24.4. The fraction of sp³-hybridized carbons (Fsp3) is 0.481. The van der Waals surface area contributed by atoms with E-state index in [0.717, 1.165) is 50.4 Å². The van der Waals surface area contributed by atoms with Gasteiger partial charge in [-0.3, -0.25) is 9.59 Å². The highest BCUT2D eigenvalue weighted by Gasteiger charge is 2.66. The third kappa shape index (κ3) is 5.04. The molecule has 1 saturated carbocycles. The summed E-state index contributed by atoms with van der Waals surface area (Å²) in [7, 11) is 2.14. The number of amides is 2. The third-order valence-electron chi connectivity index (χ3n) is 7.53. The van der Waals surface area contributed by atoms with Crippen molar-refractivity contribution in [2.75, 3.05) is 64.4 Å². The molecule has 186 valence electrons. The van der Waals surface area contributed by atoms with Crippen molar-refractivity contribution in [1.29, 1.82) is 0 Å². The maximum absolute atomic E-state index is 13.6. The maximum atomic E-state index is 13.6. The standard InChI is InChI=1S/C27H33FN4O3/c1-30-13-15-31(16-14-30)12-4-11-29-25(33)18-32-24-6-3-2-5-22(24)23-17-27(23,26(32)34)19-35-21-9-7-20(28)8-10-21/h2-3,5-10,23H,4,11-19H2,1H3,(H,29,33)/t23-,27+/m0/s1. The Labute approximate surface area is 205 Å². The quantitative estimate of drug-likeness (QED) is 0.559. The first-order valence-corrected chi connectivity index (χ1v) is 12.4. The highest BCUT2D eigenvalue weighted by Crippen LogP contribution is 2.65. The van der Waals surface area contributed by atoms with Crippen LogP contribution in [0.4, 0.5) is 10.1 Å². The number of hydrogen-bond donors (Lipinski definition) is 1. The van der Waals surface area contributed by atoms with E-state index in [9.17, 15) is 14.0 Å². The van der Waals surface area contributed by atoms with Crippen LogP contribution in [0.25, 0.3) is 0 Å². The van der Waals surface area contributed by atoms with E-state index in [2.05, 4.69) is 22.2 Å². The van der Waals surface area contributed by atoms with Crippen LogP contribution in [0.2, 0.25) is 0 Å². The molecule has 2 aliphatic heterocycles. The van der Waals surface area contributed by atoms with Crippen molar-refractivity contribution < 1.29 is 18.7 Å². The lowest BCUT2D eigenvalue weighted by molar-refractivity contribution is -0.128. The first kappa shape index (κ1) is 23.8. The van der Waals surface area contributed by atoms with Crippen LogP contribution in [-0.4, -0.2) is 81.1 Å². The topological polar surface area (TPSA) is 65.1 Å². The van der Waals surface area contributed by atoms with Gasteiger partial charge in [0.1, 0.15) is 24.7 Å². The van der Waals surface area contributed by atoms with Crippen molar-refractivity contribution >= 4 is 17.5 Å². The average molecular weight is 481 g/mol. The number of para-hydroxylation sites is 1. The molecule has 1 N–H and O–H groups in total. The van der Waals surface area contributed by atoms with Gasteiger partial charge >= 0.3 is 0 Å². The smallest absolute Gasteiger partial charge is 0.240 e. The van der Waals surface area contributed by atoms with E-state index >= 15 is 0 Å². The summed E-state index contributed by atoms with van der Waals surface area (Å²) < 4.78 is 19.1. The molecule has 1 saturated heterocycles. The Kier molecular flexibility index (Phi) is 6.75. The fourth-order valence-corrected chi connectivity index (χ4v) is 5.28. The van der Waals surface area contributed by atoms with E-state index in [4.69, 9.17) is 4.74 Å². The molecule has 0 bridgehead atoms. The van der Waals surface area contributed by atoms with E-state index in [-0.39, 0.29) is 36.7 Å². The largest absolute Gasteiger partial charge is 0.492 e. The minimum atomic E-state index is -0.676. The number of ether oxygens (including phenoxy) is 1. The van der Waals surface area contributed by atoms with E-state index in [1.165, 1.54) is 12.1 Å². The molecule has 0 spiro atoms. The van der Waals surface area contributed by atoms with Gasteiger partial charge in [0.2, 0.25) is 11.8 Å². The number of rotatable bonds is 9. The number of hydrogen-bond acceptors (Lipinski definition) is 5. The van der Waals surface area contributed by atoms with Gasteiger partial charge in [0.15, 0.2) is 0 Å². The Balaban J connectivity index is 1.19. The molecule has 1 aliphatic carbocycles. The molecule has 2 aromatic rings. The van der Waals surface area contributed by atoms with E-state index in [1.807, 2.05) is 24.3 Å². The molecule has 0 aromatic heterocycles. The van der Waals surface area contributed by atoms with Crippen LogP contribution < -0.4 is 15.0 Å². The molecule has 8 heteroatoms. The zero-order valence-corrected chi connectivity index (χ0v) is 20.2. The fourth-order valence-electron chi connectivity index (χ4n) is 5.28. The van der Waals surface area contributed by atoms with Crippen molar-refractivity contribution in [3.8, 4) is 5.75 Å². The van der Waals surface area contributed by atoms with Gasteiger partial charge in [0.05, 0.1) is 5.41 Å². The number of fused-ring (bicyclic) bond motifs is 3. The normalized spacial score (nSPS) is 24.0. The lowest BCUT2D eigenvalue weighted by atomic mass is 9.92. The van der Waals surface area contributed by atoms with Gasteiger partial charge in [-0.25, -0.2) is 4.39 Å². The van der Waals surface area contributed by atoms with Crippen LogP contribution in [0.5, 0.6) is 5.75 Å². The van der Waals surface area contributed by atoms with Gasteiger partial charge < -0.3 is 24.8 Å². The number of nitrogens with zero attached hydrogens (tertiary/aromatic N) is 3. The Bertz CT molecular complexity index is 1070. The summed E-state index contributed by atoms with van der Waals surface area (Å²) >= 11 is 0. The number of nitrogens with one attached hydrogen (secondary N) is 1. The first-order chi connectivity index (χ1) is 17.0. The first-order valence-electron chi connectivity index (χ1n) is 12.4. The van der Waals surface area contributed by atoms with Crippen LogP contribution in [0.15, 0.2) is 48.5 Å². The molecule has 2 fully saturated rings. The van der Waals surface area contributed by atoms with Gasteiger partial charge in [-0.1, -0.05) is 18.2 Å². The lowest BCUT2D eigenvalue weighted by Crippen LogP contribution is -2.48. The van der Waals surface area contributed by atoms with Gasteiger partial charge in [0.25, 0.3) is 0 Å². The monoisotopic (exact) mass is 480 g/mol. The summed E-state index contributed by atoms with van der Waals surface area (Å²) in [6.07, 6.45) is 1.57. The molecule has 7 nitrogen and oxygen atoms in total. The molecule has 35 heavy (non-hydrogen) atoms. The van der Waals surface area contributed by atoms with Crippen molar-refractivity contribution in [3.63, 3.8) is 0 Å². The third-order valence-corrected chi connectivity index (χ3v) is 7.53. The summed E-state index contributed by atoms with van der Waals surface area (Å²) in [5, 5.41) is 3.00. The Morgan fingerprint density at radius 2 is 1.86 bits per heavy atom. The van der Waals surface area contributed by atoms with Crippen LogP contribution >= 0.6 is 0 Å². The van der Waals surface area contributed by atoms with Crippen LogP contribution in [0, 0.1) is 11.2 Å². The molecular weight excluding hydrogens is 447 g/mol. The van der Waals surface area contributed by atoms with Gasteiger partial charge in [-0.2, -0.15) is 0 Å². The number of carbonyl (C=O) groups excluding carboxylic acids is 2. The SMILES string of the molecule is CN1CCN(CCCNC(=O)CN2C(=O)[C@@]3(COc4ccc(F)cc4)C[C@H]3c3ccccc32)CC1. The van der Waals surface area contributed by atoms with Crippen LogP contribution in [-0.2, 0) is 9.59 Å². The zero-order valence-electron chi connectivity index (χ0n) is 20.2. The number of benzene rings is 2. The summed E-state index contributed by atoms with van der Waals surface area (Å²) in [6.45, 7) is 6.04. The predicted octanol–water partition coefficient (Wildman–Crippen LogP) is 2.48. The molecule has 2 amide bonds. The molecular formula is C27H33FN4O3. The maximum Gasteiger partial charge on any atom is 0.240 e. The molecule has 2 aromatic carbocycles. The minimum absolute atomic E-state index is 0.00459. The highest BCUT2D eigenvalue weighted by atomic mass is 19.1. The van der Waals surface area contributed by atoms with Crippen molar-refractivity contribution in [1.82, 2.24) is 15.1 Å². The second-order valence-electron chi connectivity index (χ2n) is 9.95. The van der Waals surface area contributed by atoms with Crippen molar-refractivity contribution in [3.05, 3.63) is 59.9 Å². The molecule has 2 heterocycles. The number of piperazine rings is 1. The molecule has 2 atom stereocenters. The Morgan fingerprint density at radius 1 is 1.11 bits per heavy atom. The Morgan fingerprint density at radius 3 is 2.63 bits per heavy atom. The predicted molar refractivity (Wildman–Crippen MR) is 132 cm³/mol. The number of halogens is 1. The van der Waals surface area contributed by atoms with Crippen LogP contribution in [0.1, 0.15) is 24.3 Å². The van der Waals surface area contributed by atoms with Gasteiger partial charge in [-0.05, 0) is 62.3 Å². The van der Waals surface area contributed by atoms with Crippen LogP contribution in [0.3, 0.4) is 0 Å². The highest BCUT2D eigenvalue weighted by molar-refractivity contribution is 6.07. The minimum Gasteiger partial charge on any atom is -0.492 e. The lowest BCUT2D eigenvalue weighted by Gasteiger charge is -2.34. The number of anilines is 1. The summed E-state index contributed by atoms with van der Waals surface area (Å²) in [6, 6.07) is 13.6. The Hall–Kier alpha value is -2.97. The van der Waals surface area contributed by atoms with Gasteiger partial charge in [-0.15, -0.1) is 0 Å². The second-order valence-corrected chi connectivity index (χ2v) is 9.95. The number of carbonyl (C=O) groups is 2. The summed E-state index contributed by atoms with van der Waals surface area (Å²) in [5.41, 5.74) is 1.22. The van der Waals surface area contributed by atoms with Crippen molar-refractivity contribution in [2.45, 2.75) is 18.8 Å². The van der Waals surface area contributed by atoms with Gasteiger partial charge in [0, 0.05) is 44.3 Å². The summed E-state index contributed by atoms with van der Waals surface area (Å²) in [4.78, 5) is 32.8. The summed E-state index contributed by atoms with van der Waals surface area (Å²) in [5.74, 6) is 0.0524. The second kappa shape index (κ2) is 9.95. The van der Waals surface area contributed by atoms with E-state index in [1.54, 1.807) is 17.0 Å². The van der Waals surface area contributed by atoms with E-state index < -0.39 is 5.41 Å². The molecule has 0 radical (unpaired) electrons. The molecule has 3 aliphatic rings. The number of likely N-dealkylation sites (N-methyl/N-ethyl adjacent to an activating group) is 1. The average Bonchev–Trinajstić information content (AvgIpc) is 3.62.